The maximum absolute atomic E-state index is 13.1. The van der Waals surface area contributed by atoms with Crippen LogP contribution in [-0.4, -0.2) is 41.2 Å². The third kappa shape index (κ3) is 6.58. The number of amides is 1. The average Bonchev–Trinajstić information content (AvgIpc) is 3.11. The van der Waals surface area contributed by atoms with E-state index in [1.807, 2.05) is 30.3 Å². The normalized spacial score (nSPS) is 11.5. The van der Waals surface area contributed by atoms with Gasteiger partial charge in [0, 0.05) is 0 Å². The number of carbonyl (C=O) groups excluding carboxylic acids is 3. The van der Waals surface area contributed by atoms with Gasteiger partial charge in [-0.2, -0.15) is 4.37 Å². The first kappa shape index (κ1) is 26.4. The van der Waals surface area contributed by atoms with Crippen molar-refractivity contribution in [3.05, 3.63) is 45.8 Å². The average molecular weight is 499 g/mol. The molecule has 1 aromatic carbocycles. The predicted octanol–water partition coefficient (Wildman–Crippen LogP) is 4.22. The molecule has 1 heterocycles. The van der Waals surface area contributed by atoms with Crippen molar-refractivity contribution >= 4 is 41.2 Å². The maximum atomic E-state index is 13.1. The molecule has 1 N–H and O–H groups in total. The lowest BCUT2D eigenvalue weighted by molar-refractivity contribution is -0.166. The van der Waals surface area contributed by atoms with Crippen LogP contribution in [-0.2, 0) is 35.9 Å². The lowest BCUT2D eigenvalue weighted by atomic mass is 9.97. The molecule has 0 aliphatic rings. The Balaban J connectivity index is 2.51. The molecule has 0 saturated heterocycles. The van der Waals surface area contributed by atoms with Gasteiger partial charge in [-0.15, -0.1) is 0 Å². The van der Waals surface area contributed by atoms with Crippen molar-refractivity contribution < 1.29 is 33.3 Å². The van der Waals surface area contributed by atoms with Gasteiger partial charge in [-0.3, -0.25) is 5.32 Å². The number of nitrogens with zero attached hydrogens (tertiary/aromatic N) is 1. The molecule has 0 unspecified atom stereocenters. The third-order valence-electron chi connectivity index (χ3n) is 4.02. The van der Waals surface area contributed by atoms with Crippen LogP contribution in [0.1, 0.15) is 45.1 Å². The zero-order valence-corrected chi connectivity index (χ0v) is 20.7. The summed E-state index contributed by atoms with van der Waals surface area (Å²) < 4.78 is 25.3. The lowest BCUT2D eigenvalue weighted by Crippen LogP contribution is -2.59. The molecule has 0 spiro atoms. The van der Waals surface area contributed by atoms with Crippen LogP contribution in [0.4, 0.5) is 4.79 Å². The highest BCUT2D eigenvalue weighted by atomic mass is 35.5. The summed E-state index contributed by atoms with van der Waals surface area (Å²) in [5, 5.41) is 2.19. The zero-order valence-electron chi connectivity index (χ0n) is 19.1. The van der Waals surface area contributed by atoms with E-state index in [9.17, 15) is 14.4 Å². The van der Waals surface area contributed by atoms with Gasteiger partial charge < -0.3 is 18.9 Å². The van der Waals surface area contributed by atoms with Gasteiger partial charge in [-0.25, -0.2) is 14.4 Å². The summed E-state index contributed by atoms with van der Waals surface area (Å²) in [5.41, 5.74) is -2.48. The number of hydrogen-bond donors (Lipinski definition) is 1. The van der Waals surface area contributed by atoms with Gasteiger partial charge in [0.1, 0.15) is 17.2 Å². The first-order valence-corrected chi connectivity index (χ1v) is 11.4. The molecule has 0 atom stereocenters. The van der Waals surface area contributed by atoms with Crippen molar-refractivity contribution in [2.24, 2.45) is 0 Å². The lowest BCUT2D eigenvalue weighted by Gasteiger charge is -2.30. The molecule has 2 rings (SSSR count). The summed E-state index contributed by atoms with van der Waals surface area (Å²) in [6.07, 6.45) is -1.04. The fraction of sp³-hybridized carbons (Fsp3) is 0.455. The molecule has 11 heteroatoms. The number of esters is 2. The number of benzene rings is 1. The molecular formula is C22H27ClN2O7S. The number of rotatable bonds is 9. The molecule has 9 nitrogen and oxygen atoms in total. The van der Waals surface area contributed by atoms with Gasteiger partial charge in [0.15, 0.2) is 0 Å². The third-order valence-corrected chi connectivity index (χ3v) is 5.43. The summed E-state index contributed by atoms with van der Waals surface area (Å²) in [4.78, 5) is 38.8. The second-order valence-electron chi connectivity index (χ2n) is 7.72. The van der Waals surface area contributed by atoms with E-state index in [-0.39, 0.29) is 35.6 Å². The molecule has 2 aromatic rings. The Labute approximate surface area is 201 Å². The highest BCUT2D eigenvalue weighted by Gasteiger charge is 2.56. The predicted molar refractivity (Wildman–Crippen MR) is 122 cm³/mol. The van der Waals surface area contributed by atoms with Gasteiger partial charge in [0.25, 0.3) is 5.54 Å². The van der Waals surface area contributed by atoms with Gasteiger partial charge in [0.2, 0.25) is 5.88 Å². The largest absolute Gasteiger partial charge is 0.471 e. The van der Waals surface area contributed by atoms with Crippen molar-refractivity contribution in [2.75, 3.05) is 13.2 Å². The fourth-order valence-electron chi connectivity index (χ4n) is 2.68. The highest BCUT2D eigenvalue weighted by molar-refractivity contribution is 7.07. The fourth-order valence-corrected chi connectivity index (χ4v) is 3.91. The van der Waals surface area contributed by atoms with E-state index in [1.54, 1.807) is 34.6 Å². The van der Waals surface area contributed by atoms with Crippen LogP contribution in [0.3, 0.4) is 0 Å². The number of hydrogen-bond acceptors (Lipinski definition) is 9. The van der Waals surface area contributed by atoms with Gasteiger partial charge in [-0.05, 0) is 51.7 Å². The van der Waals surface area contributed by atoms with Crippen LogP contribution in [0, 0.1) is 0 Å². The quantitative estimate of drug-likeness (QED) is 0.310. The van der Waals surface area contributed by atoms with Gasteiger partial charge >= 0.3 is 18.0 Å². The van der Waals surface area contributed by atoms with Crippen LogP contribution < -0.4 is 10.1 Å². The Hall–Kier alpha value is -2.85. The van der Waals surface area contributed by atoms with Crippen molar-refractivity contribution in [3.8, 4) is 5.88 Å². The second-order valence-corrected chi connectivity index (χ2v) is 8.87. The summed E-state index contributed by atoms with van der Waals surface area (Å²) >= 11 is 7.20. The SMILES string of the molecule is CCOC(=O)C(NC(=O)OC(C)(C)C)(C(=O)OCC)c1snc(OCc2ccccc2)c1Cl. The van der Waals surface area contributed by atoms with Crippen molar-refractivity contribution in [3.63, 3.8) is 0 Å². The molecule has 0 fully saturated rings. The van der Waals surface area contributed by atoms with Crippen LogP contribution in [0.5, 0.6) is 5.88 Å². The second kappa shape index (κ2) is 11.3. The van der Waals surface area contributed by atoms with Crippen LogP contribution >= 0.6 is 23.1 Å². The van der Waals surface area contributed by atoms with Crippen LogP contribution in [0.25, 0.3) is 0 Å². The van der Waals surface area contributed by atoms with Gasteiger partial charge in [-0.1, -0.05) is 41.9 Å². The molecule has 0 aliphatic heterocycles. The Kier molecular flexibility index (Phi) is 9.07. The van der Waals surface area contributed by atoms with E-state index in [2.05, 4.69) is 9.69 Å². The number of nitrogens with one attached hydrogen (secondary N) is 1. The smallest absolute Gasteiger partial charge is 0.409 e. The number of carbonyl (C=O) groups is 3. The Morgan fingerprint density at radius 3 is 2.12 bits per heavy atom. The monoisotopic (exact) mass is 498 g/mol. The molecule has 1 amide bonds. The summed E-state index contributed by atoms with van der Waals surface area (Å²) in [6.45, 7) is 8.05. The van der Waals surface area contributed by atoms with E-state index >= 15 is 0 Å². The number of alkyl carbamates (subject to hydrolysis) is 1. The molecule has 33 heavy (non-hydrogen) atoms. The van der Waals surface area contributed by atoms with Crippen molar-refractivity contribution in [2.45, 2.75) is 52.4 Å². The van der Waals surface area contributed by atoms with E-state index in [0.29, 0.717) is 11.5 Å². The highest BCUT2D eigenvalue weighted by Crippen LogP contribution is 2.40. The first-order chi connectivity index (χ1) is 15.5. The Morgan fingerprint density at radius 1 is 1.03 bits per heavy atom. The minimum atomic E-state index is -2.43. The molecule has 1 aromatic heterocycles. The van der Waals surface area contributed by atoms with Crippen LogP contribution in [0.15, 0.2) is 30.3 Å². The molecular weight excluding hydrogens is 472 g/mol. The molecule has 0 radical (unpaired) electrons. The van der Waals surface area contributed by atoms with E-state index in [4.69, 9.17) is 30.5 Å². The van der Waals surface area contributed by atoms with E-state index in [1.165, 1.54) is 0 Å². The van der Waals surface area contributed by atoms with Crippen molar-refractivity contribution in [1.29, 1.82) is 0 Å². The standard InChI is InChI=1S/C22H27ClN2O7S/c1-6-29-18(26)22(19(27)30-7-2,24-20(28)32-21(3,4)5)16-15(23)17(25-33-16)31-13-14-11-9-8-10-12-14/h8-12H,6-7,13H2,1-5H3,(H,24,28). The Bertz CT molecular complexity index is 955. The number of halogens is 1. The Morgan fingerprint density at radius 2 is 1.61 bits per heavy atom. The maximum Gasteiger partial charge on any atom is 0.409 e. The summed E-state index contributed by atoms with van der Waals surface area (Å²) in [5.74, 6) is -2.19. The van der Waals surface area contributed by atoms with E-state index in [0.717, 1.165) is 5.56 Å². The first-order valence-electron chi connectivity index (χ1n) is 10.2. The number of ether oxygens (including phenoxy) is 4. The molecule has 0 saturated carbocycles. The molecule has 180 valence electrons. The van der Waals surface area contributed by atoms with E-state index < -0.39 is 29.2 Å². The number of aromatic nitrogens is 1. The zero-order chi connectivity index (χ0) is 24.6. The topological polar surface area (TPSA) is 113 Å². The molecule has 0 aliphatic carbocycles. The van der Waals surface area contributed by atoms with Crippen molar-refractivity contribution in [1.82, 2.24) is 9.69 Å². The van der Waals surface area contributed by atoms with Crippen LogP contribution in [0.2, 0.25) is 5.02 Å². The summed E-state index contributed by atoms with van der Waals surface area (Å²) in [7, 11) is 0. The minimum absolute atomic E-state index is 0.00974. The molecule has 0 bridgehead atoms. The van der Waals surface area contributed by atoms with Gasteiger partial charge in [0.05, 0.1) is 18.1 Å². The summed E-state index contributed by atoms with van der Waals surface area (Å²) in [6, 6.07) is 9.28. The minimum Gasteiger partial charge on any atom is -0.471 e.